The quantitative estimate of drug-likeness (QED) is 0.760. The van der Waals surface area contributed by atoms with Gasteiger partial charge in [0.1, 0.15) is 0 Å². The molecule has 0 unspecified atom stereocenters. The zero-order chi connectivity index (χ0) is 15.4. The van der Waals surface area contributed by atoms with Crippen molar-refractivity contribution >= 4 is 21.8 Å². The minimum Gasteiger partial charge on any atom is -0.444 e. The van der Waals surface area contributed by atoms with Crippen LogP contribution >= 0.6 is 15.9 Å². The molecule has 22 heavy (non-hydrogen) atoms. The average molecular weight is 360 g/mol. The monoisotopic (exact) mass is 359 g/mol. The zero-order valence-electron chi connectivity index (χ0n) is 11.7. The molecule has 0 aliphatic rings. The van der Waals surface area contributed by atoms with Crippen molar-refractivity contribution in [3.63, 3.8) is 0 Å². The number of furan rings is 1. The van der Waals surface area contributed by atoms with Gasteiger partial charge in [-0.1, -0.05) is 24.3 Å². The average Bonchev–Trinajstić information content (AvgIpc) is 3.18. The van der Waals surface area contributed by atoms with Gasteiger partial charge >= 0.3 is 0 Å². The van der Waals surface area contributed by atoms with Crippen LogP contribution in [0.5, 0.6) is 0 Å². The lowest BCUT2D eigenvalue weighted by molar-refractivity contribution is 0.0922. The highest BCUT2D eigenvalue weighted by molar-refractivity contribution is 9.10. The van der Waals surface area contributed by atoms with E-state index in [2.05, 4.69) is 26.3 Å². The summed E-state index contributed by atoms with van der Waals surface area (Å²) in [5.74, 6) is 0.0519. The van der Waals surface area contributed by atoms with E-state index in [1.807, 2.05) is 41.2 Å². The fraction of sp³-hybridized carbons (Fsp3) is 0.125. The number of carbonyl (C=O) groups excluding carboxylic acids is 1. The highest BCUT2D eigenvalue weighted by Gasteiger charge is 2.11. The standard InChI is InChI=1S/C16H14BrN3O2/c17-15-7-6-14(22-15)16(21)18-10-12-4-1-2-5-13(12)11-20-9-3-8-19-20/h1-9H,10-11H2,(H,18,21). The lowest BCUT2D eigenvalue weighted by Crippen LogP contribution is -2.23. The van der Waals surface area contributed by atoms with Gasteiger partial charge in [-0.05, 0) is 45.3 Å². The van der Waals surface area contributed by atoms with Gasteiger partial charge in [0.15, 0.2) is 10.4 Å². The van der Waals surface area contributed by atoms with Gasteiger partial charge in [0.25, 0.3) is 5.91 Å². The number of amides is 1. The molecule has 0 saturated heterocycles. The molecule has 5 nitrogen and oxygen atoms in total. The highest BCUT2D eigenvalue weighted by atomic mass is 79.9. The van der Waals surface area contributed by atoms with E-state index in [9.17, 15) is 4.79 Å². The fourth-order valence-electron chi connectivity index (χ4n) is 2.15. The van der Waals surface area contributed by atoms with Gasteiger partial charge in [-0.3, -0.25) is 9.48 Å². The summed E-state index contributed by atoms with van der Waals surface area (Å²) in [6.45, 7) is 1.11. The van der Waals surface area contributed by atoms with Crippen LogP contribution in [0.15, 0.2) is 63.9 Å². The Labute approximate surface area is 136 Å². The third-order valence-electron chi connectivity index (χ3n) is 3.25. The van der Waals surface area contributed by atoms with Crippen molar-refractivity contribution in [2.75, 3.05) is 0 Å². The first-order valence-corrected chi connectivity index (χ1v) is 7.59. The SMILES string of the molecule is O=C(NCc1ccccc1Cn1cccn1)c1ccc(Br)o1. The number of halogens is 1. The smallest absolute Gasteiger partial charge is 0.287 e. The van der Waals surface area contributed by atoms with Gasteiger partial charge in [0.2, 0.25) is 0 Å². The molecule has 0 radical (unpaired) electrons. The number of nitrogens with zero attached hydrogens (tertiary/aromatic N) is 2. The summed E-state index contributed by atoms with van der Waals surface area (Å²) in [4.78, 5) is 12.0. The molecular formula is C16H14BrN3O2. The number of aromatic nitrogens is 2. The van der Waals surface area contributed by atoms with E-state index in [-0.39, 0.29) is 11.7 Å². The molecule has 0 aliphatic carbocycles. The van der Waals surface area contributed by atoms with E-state index in [1.165, 1.54) is 0 Å². The molecule has 1 amide bonds. The summed E-state index contributed by atoms with van der Waals surface area (Å²) in [6.07, 6.45) is 3.66. The lowest BCUT2D eigenvalue weighted by Gasteiger charge is -2.10. The van der Waals surface area contributed by atoms with Crippen LogP contribution in [0.3, 0.4) is 0 Å². The molecule has 112 valence electrons. The molecule has 2 aromatic heterocycles. The Morgan fingerprint density at radius 1 is 1.18 bits per heavy atom. The van der Waals surface area contributed by atoms with Gasteiger partial charge in [-0.15, -0.1) is 0 Å². The molecule has 3 rings (SSSR count). The first kappa shape index (κ1) is 14.6. The first-order valence-electron chi connectivity index (χ1n) is 6.80. The maximum Gasteiger partial charge on any atom is 0.287 e. The molecule has 0 aliphatic heterocycles. The number of nitrogens with one attached hydrogen (secondary N) is 1. The summed E-state index contributed by atoms with van der Waals surface area (Å²) in [5.41, 5.74) is 2.17. The molecule has 1 aromatic carbocycles. The van der Waals surface area contributed by atoms with Crippen LogP contribution < -0.4 is 5.32 Å². The van der Waals surface area contributed by atoms with Gasteiger partial charge < -0.3 is 9.73 Å². The molecule has 0 fully saturated rings. The molecular weight excluding hydrogens is 346 g/mol. The summed E-state index contributed by atoms with van der Waals surface area (Å²) in [5, 5.41) is 7.07. The minimum absolute atomic E-state index is 0.236. The van der Waals surface area contributed by atoms with Crippen molar-refractivity contribution in [1.82, 2.24) is 15.1 Å². The number of rotatable bonds is 5. The van der Waals surface area contributed by atoms with Crippen molar-refractivity contribution in [2.45, 2.75) is 13.1 Å². The second kappa shape index (κ2) is 6.62. The third-order valence-corrected chi connectivity index (χ3v) is 3.67. The maximum atomic E-state index is 12.0. The van der Waals surface area contributed by atoms with Gasteiger partial charge in [-0.25, -0.2) is 0 Å². The number of hydrogen-bond acceptors (Lipinski definition) is 3. The molecule has 0 atom stereocenters. The topological polar surface area (TPSA) is 60.1 Å². The van der Waals surface area contributed by atoms with Crippen LogP contribution in [-0.2, 0) is 13.1 Å². The van der Waals surface area contributed by atoms with E-state index in [4.69, 9.17) is 4.42 Å². The van der Waals surface area contributed by atoms with E-state index in [0.29, 0.717) is 17.8 Å². The molecule has 3 aromatic rings. The van der Waals surface area contributed by atoms with Crippen LogP contribution in [0, 0.1) is 0 Å². The minimum atomic E-state index is -0.236. The Morgan fingerprint density at radius 3 is 2.68 bits per heavy atom. The van der Waals surface area contributed by atoms with Crippen LogP contribution in [0.25, 0.3) is 0 Å². The molecule has 1 N–H and O–H groups in total. The van der Waals surface area contributed by atoms with Gasteiger partial charge in [0.05, 0.1) is 6.54 Å². The summed E-state index contributed by atoms with van der Waals surface area (Å²) in [7, 11) is 0. The van der Waals surface area contributed by atoms with Crippen molar-refractivity contribution in [2.24, 2.45) is 0 Å². The zero-order valence-corrected chi connectivity index (χ0v) is 13.3. The van der Waals surface area contributed by atoms with Crippen LogP contribution in [0.2, 0.25) is 0 Å². The Morgan fingerprint density at radius 2 is 2.00 bits per heavy atom. The van der Waals surface area contributed by atoms with Crippen molar-refractivity contribution < 1.29 is 9.21 Å². The van der Waals surface area contributed by atoms with E-state index in [0.717, 1.165) is 11.1 Å². The highest BCUT2D eigenvalue weighted by Crippen LogP contribution is 2.14. The Hall–Kier alpha value is -2.34. The van der Waals surface area contributed by atoms with Gasteiger partial charge in [-0.2, -0.15) is 5.10 Å². The van der Waals surface area contributed by atoms with Crippen molar-refractivity contribution in [3.05, 3.63) is 76.4 Å². The van der Waals surface area contributed by atoms with E-state index >= 15 is 0 Å². The normalized spacial score (nSPS) is 10.6. The van der Waals surface area contributed by atoms with E-state index < -0.39 is 0 Å². The van der Waals surface area contributed by atoms with Crippen LogP contribution in [-0.4, -0.2) is 15.7 Å². The number of hydrogen-bond donors (Lipinski definition) is 1. The predicted octanol–water partition coefficient (Wildman–Crippen LogP) is 3.22. The maximum absolute atomic E-state index is 12.0. The Bertz CT molecular complexity index is 765. The first-order chi connectivity index (χ1) is 10.7. The molecule has 6 heteroatoms. The Kier molecular flexibility index (Phi) is 4.39. The third kappa shape index (κ3) is 3.46. The molecule has 2 heterocycles. The van der Waals surface area contributed by atoms with Gasteiger partial charge in [0, 0.05) is 18.9 Å². The Balaban J connectivity index is 1.68. The van der Waals surface area contributed by atoms with Crippen LogP contribution in [0.1, 0.15) is 21.7 Å². The van der Waals surface area contributed by atoms with Crippen molar-refractivity contribution in [3.8, 4) is 0 Å². The lowest BCUT2D eigenvalue weighted by atomic mass is 10.1. The molecule has 0 saturated carbocycles. The predicted molar refractivity (Wildman–Crippen MR) is 85.3 cm³/mol. The molecule has 0 spiro atoms. The largest absolute Gasteiger partial charge is 0.444 e. The fourth-order valence-corrected chi connectivity index (χ4v) is 2.46. The summed E-state index contributed by atoms with van der Waals surface area (Å²) >= 11 is 3.18. The second-order valence-electron chi connectivity index (χ2n) is 4.76. The summed E-state index contributed by atoms with van der Waals surface area (Å²) < 4.78 is 7.63. The van der Waals surface area contributed by atoms with Crippen molar-refractivity contribution in [1.29, 1.82) is 0 Å². The summed E-state index contributed by atoms with van der Waals surface area (Å²) in [6, 6.07) is 13.2. The second-order valence-corrected chi connectivity index (χ2v) is 5.54. The number of carbonyl (C=O) groups is 1. The van der Waals surface area contributed by atoms with Crippen LogP contribution in [0.4, 0.5) is 0 Å². The number of benzene rings is 1. The molecule has 0 bridgehead atoms. The van der Waals surface area contributed by atoms with E-state index in [1.54, 1.807) is 18.3 Å².